The van der Waals surface area contributed by atoms with Gasteiger partial charge in [0.1, 0.15) is 5.75 Å². The van der Waals surface area contributed by atoms with Crippen molar-refractivity contribution in [2.45, 2.75) is 13.0 Å². The Morgan fingerprint density at radius 3 is 2.69 bits per heavy atom. The number of aromatic nitrogens is 1. The summed E-state index contributed by atoms with van der Waals surface area (Å²) in [5.41, 5.74) is 4.35. The number of benzene rings is 2. The van der Waals surface area contributed by atoms with E-state index in [1.54, 1.807) is 24.5 Å². The average Bonchev–Trinajstić information content (AvgIpc) is 3.05. The Balaban J connectivity index is 1.42. The second kappa shape index (κ2) is 7.27. The molecule has 0 fully saturated rings. The summed E-state index contributed by atoms with van der Waals surface area (Å²) in [5.74, 6) is 0.553. The fraction of sp³-hybridized carbons (Fsp3) is 0.143. The summed E-state index contributed by atoms with van der Waals surface area (Å²) < 4.78 is 5.41. The molecule has 1 aliphatic heterocycles. The van der Waals surface area contributed by atoms with Gasteiger partial charge in [0, 0.05) is 36.9 Å². The average molecular weight is 345 g/mol. The molecule has 0 spiro atoms. The molecule has 1 aliphatic rings. The Morgan fingerprint density at radius 2 is 1.88 bits per heavy atom. The molecule has 3 aromatic rings. The van der Waals surface area contributed by atoms with Crippen molar-refractivity contribution in [3.05, 3.63) is 84.2 Å². The Morgan fingerprint density at radius 1 is 1.08 bits per heavy atom. The second-order valence-electron chi connectivity index (χ2n) is 6.20. The maximum absolute atomic E-state index is 12.0. The Bertz CT molecular complexity index is 898. The van der Waals surface area contributed by atoms with Gasteiger partial charge in [-0.15, -0.1) is 0 Å². The zero-order chi connectivity index (χ0) is 17.8. The molecular weight excluding hydrogens is 326 g/mol. The molecule has 1 N–H and O–H groups in total. The summed E-state index contributed by atoms with van der Waals surface area (Å²) in [4.78, 5) is 18.3. The van der Waals surface area contributed by atoms with E-state index in [0.717, 1.165) is 19.5 Å². The topological polar surface area (TPSA) is 54.5 Å². The van der Waals surface area contributed by atoms with Crippen LogP contribution < -0.4 is 15.0 Å². The van der Waals surface area contributed by atoms with Gasteiger partial charge in [0.2, 0.25) is 0 Å². The van der Waals surface area contributed by atoms with E-state index in [-0.39, 0.29) is 0 Å². The lowest BCUT2D eigenvalue weighted by Gasteiger charge is -2.19. The van der Waals surface area contributed by atoms with Gasteiger partial charge in [-0.1, -0.05) is 30.3 Å². The zero-order valence-corrected chi connectivity index (χ0v) is 14.3. The zero-order valence-electron chi connectivity index (χ0n) is 14.3. The number of hydrogen-bond donors (Lipinski definition) is 1. The van der Waals surface area contributed by atoms with Crippen LogP contribution in [-0.2, 0) is 13.0 Å². The summed E-state index contributed by atoms with van der Waals surface area (Å²) in [5, 5.41) is 2.69. The number of anilines is 2. The first-order valence-electron chi connectivity index (χ1n) is 8.58. The van der Waals surface area contributed by atoms with Gasteiger partial charge in [-0.05, 0) is 47.9 Å². The van der Waals surface area contributed by atoms with Crippen molar-refractivity contribution < 1.29 is 9.53 Å². The third-order valence-electron chi connectivity index (χ3n) is 4.40. The molecule has 0 aliphatic carbocycles. The highest BCUT2D eigenvalue weighted by Gasteiger charge is 2.20. The number of rotatable bonds is 4. The van der Waals surface area contributed by atoms with E-state index >= 15 is 0 Å². The fourth-order valence-corrected chi connectivity index (χ4v) is 3.16. The Kier molecular flexibility index (Phi) is 4.51. The minimum absolute atomic E-state index is 0.504. The van der Waals surface area contributed by atoms with E-state index in [1.165, 1.54) is 16.8 Å². The first kappa shape index (κ1) is 16.1. The summed E-state index contributed by atoms with van der Waals surface area (Å²) in [6.45, 7) is 1.85. The van der Waals surface area contributed by atoms with E-state index in [0.29, 0.717) is 11.4 Å². The van der Waals surface area contributed by atoms with Crippen molar-refractivity contribution in [1.82, 2.24) is 4.98 Å². The van der Waals surface area contributed by atoms with Crippen LogP contribution in [0, 0.1) is 0 Å². The van der Waals surface area contributed by atoms with Crippen LogP contribution in [0.5, 0.6) is 5.75 Å². The van der Waals surface area contributed by atoms with Crippen LogP contribution in [0.4, 0.5) is 16.2 Å². The molecule has 5 heteroatoms. The van der Waals surface area contributed by atoms with Crippen LogP contribution >= 0.6 is 0 Å². The fourth-order valence-electron chi connectivity index (χ4n) is 3.16. The maximum atomic E-state index is 12.0. The molecular formula is C21H19N3O2. The lowest BCUT2D eigenvalue weighted by atomic mass is 10.1. The van der Waals surface area contributed by atoms with Crippen molar-refractivity contribution in [2.24, 2.45) is 0 Å². The highest BCUT2D eigenvalue weighted by Crippen LogP contribution is 2.32. The van der Waals surface area contributed by atoms with Gasteiger partial charge in [0.15, 0.2) is 0 Å². The third kappa shape index (κ3) is 3.67. The van der Waals surface area contributed by atoms with E-state index in [4.69, 9.17) is 4.74 Å². The number of carbonyl (C=O) groups excluding carboxylic acids is 1. The van der Waals surface area contributed by atoms with Crippen molar-refractivity contribution in [2.75, 3.05) is 16.8 Å². The number of hydrogen-bond acceptors (Lipinski definition) is 4. The predicted molar refractivity (Wildman–Crippen MR) is 102 cm³/mol. The van der Waals surface area contributed by atoms with Crippen molar-refractivity contribution in [3.63, 3.8) is 0 Å². The molecule has 4 rings (SSSR count). The van der Waals surface area contributed by atoms with Crippen molar-refractivity contribution in [3.8, 4) is 5.75 Å². The lowest BCUT2D eigenvalue weighted by molar-refractivity contribution is 0.215. The number of fused-ring (bicyclic) bond motifs is 1. The molecule has 1 aromatic heterocycles. The molecule has 0 radical (unpaired) electrons. The molecule has 26 heavy (non-hydrogen) atoms. The highest BCUT2D eigenvalue weighted by atomic mass is 16.6. The van der Waals surface area contributed by atoms with E-state index < -0.39 is 6.09 Å². The van der Waals surface area contributed by atoms with Gasteiger partial charge >= 0.3 is 6.09 Å². The number of carbonyl (C=O) groups is 1. The number of nitrogens with one attached hydrogen (secondary N) is 1. The standard InChI is InChI=1S/C21H19N3O2/c25-21(23-18-8-11-22-12-9-18)26-19-6-7-20-17(14-19)10-13-24(20)15-16-4-2-1-3-5-16/h1-9,11-12,14H,10,13,15H2,(H,22,23,25). The molecule has 0 bridgehead atoms. The third-order valence-corrected chi connectivity index (χ3v) is 4.40. The molecule has 130 valence electrons. The van der Waals surface area contributed by atoms with Gasteiger partial charge in [-0.25, -0.2) is 4.79 Å². The summed E-state index contributed by atoms with van der Waals surface area (Å²) in [6.07, 6.45) is 3.68. The quantitative estimate of drug-likeness (QED) is 0.768. The van der Waals surface area contributed by atoms with Gasteiger partial charge in [-0.2, -0.15) is 0 Å². The molecule has 0 atom stereocenters. The smallest absolute Gasteiger partial charge is 0.410 e. The summed E-state index contributed by atoms with van der Waals surface area (Å²) >= 11 is 0. The number of nitrogens with zero attached hydrogens (tertiary/aromatic N) is 2. The molecule has 1 amide bonds. The summed E-state index contributed by atoms with van der Waals surface area (Å²) in [6, 6.07) is 19.7. The van der Waals surface area contributed by atoms with Crippen LogP contribution in [0.3, 0.4) is 0 Å². The van der Waals surface area contributed by atoms with Crippen LogP contribution in [0.25, 0.3) is 0 Å². The van der Waals surface area contributed by atoms with E-state index in [2.05, 4.69) is 39.5 Å². The molecule has 0 saturated heterocycles. The number of pyridine rings is 1. The number of amides is 1. The largest absolute Gasteiger partial charge is 0.417 e. The van der Waals surface area contributed by atoms with Crippen LogP contribution in [0.15, 0.2) is 73.1 Å². The van der Waals surface area contributed by atoms with Gasteiger partial charge in [0.05, 0.1) is 0 Å². The lowest BCUT2D eigenvalue weighted by Crippen LogP contribution is -2.19. The molecule has 0 unspecified atom stereocenters. The van der Waals surface area contributed by atoms with Gasteiger partial charge in [-0.3, -0.25) is 10.3 Å². The summed E-state index contributed by atoms with van der Waals surface area (Å²) in [7, 11) is 0. The molecule has 5 nitrogen and oxygen atoms in total. The Hall–Kier alpha value is -3.34. The van der Waals surface area contributed by atoms with E-state index in [1.807, 2.05) is 24.3 Å². The van der Waals surface area contributed by atoms with Crippen molar-refractivity contribution >= 4 is 17.5 Å². The normalized spacial score (nSPS) is 12.5. The van der Waals surface area contributed by atoms with Gasteiger partial charge < -0.3 is 9.64 Å². The second-order valence-corrected chi connectivity index (χ2v) is 6.20. The molecule has 2 aromatic carbocycles. The van der Waals surface area contributed by atoms with Crippen molar-refractivity contribution in [1.29, 1.82) is 0 Å². The monoisotopic (exact) mass is 345 g/mol. The minimum Gasteiger partial charge on any atom is -0.410 e. The molecule has 2 heterocycles. The van der Waals surface area contributed by atoms with Gasteiger partial charge in [0.25, 0.3) is 0 Å². The highest BCUT2D eigenvalue weighted by molar-refractivity contribution is 5.86. The maximum Gasteiger partial charge on any atom is 0.417 e. The minimum atomic E-state index is -0.504. The first-order chi connectivity index (χ1) is 12.8. The number of ether oxygens (including phenoxy) is 1. The molecule has 0 saturated carbocycles. The van der Waals surface area contributed by atoms with Crippen LogP contribution in [0.2, 0.25) is 0 Å². The van der Waals surface area contributed by atoms with Crippen LogP contribution in [-0.4, -0.2) is 17.6 Å². The predicted octanol–water partition coefficient (Wildman–Crippen LogP) is 4.26. The van der Waals surface area contributed by atoms with E-state index in [9.17, 15) is 4.79 Å². The SMILES string of the molecule is O=C(Nc1ccncc1)Oc1ccc2c(c1)CCN2Cc1ccccc1. The van der Waals surface area contributed by atoms with Crippen LogP contribution in [0.1, 0.15) is 11.1 Å². The first-order valence-corrected chi connectivity index (χ1v) is 8.58. The Labute approximate surface area is 152 Å².